The van der Waals surface area contributed by atoms with Crippen LogP contribution in [0.4, 0.5) is 16.2 Å². The van der Waals surface area contributed by atoms with Gasteiger partial charge in [-0.2, -0.15) is 0 Å². The fraction of sp³-hybridized carbons (Fsp3) is 0.476. The van der Waals surface area contributed by atoms with Gasteiger partial charge in [-0.1, -0.05) is 0 Å². The summed E-state index contributed by atoms with van der Waals surface area (Å²) in [5.74, 6) is 0. The first kappa shape index (κ1) is 20.2. The maximum Gasteiger partial charge on any atom is 0.329 e. The zero-order chi connectivity index (χ0) is 20.1. The van der Waals surface area contributed by atoms with Crippen molar-refractivity contribution in [1.29, 1.82) is 0 Å². The summed E-state index contributed by atoms with van der Waals surface area (Å²) in [6.07, 6.45) is 5.31. The molecular formula is C21H30N6O. The average Bonchev–Trinajstić information content (AvgIpc) is 2.76. The minimum atomic E-state index is -0.00138. The SMILES string of the molecule is CN(C)CCCN1C(=O)N(CCCN(C)C)c2cccnc2-c2ncccc21. The Morgan fingerprint density at radius 3 is 1.61 bits per heavy atom. The number of fused-ring (bicyclic) bond motifs is 3. The van der Waals surface area contributed by atoms with Crippen molar-refractivity contribution in [2.24, 2.45) is 0 Å². The molecule has 0 bridgehead atoms. The summed E-state index contributed by atoms with van der Waals surface area (Å²) in [7, 11) is 8.19. The maximum absolute atomic E-state index is 13.6. The normalized spacial score (nSPS) is 13.7. The fourth-order valence-corrected chi connectivity index (χ4v) is 3.47. The van der Waals surface area contributed by atoms with E-state index in [4.69, 9.17) is 0 Å². The van der Waals surface area contributed by atoms with Gasteiger partial charge in [0.05, 0.1) is 11.4 Å². The van der Waals surface area contributed by atoms with Crippen LogP contribution in [0.25, 0.3) is 11.4 Å². The highest BCUT2D eigenvalue weighted by molar-refractivity contribution is 6.10. The topological polar surface area (TPSA) is 55.8 Å². The van der Waals surface area contributed by atoms with Gasteiger partial charge in [-0.25, -0.2) is 4.79 Å². The Balaban J connectivity index is 1.99. The highest BCUT2D eigenvalue weighted by Gasteiger charge is 2.32. The van der Waals surface area contributed by atoms with Gasteiger partial charge in [-0.3, -0.25) is 19.8 Å². The Hall–Kier alpha value is -2.51. The number of hydrogen-bond donors (Lipinski definition) is 0. The molecule has 0 unspecified atom stereocenters. The average molecular weight is 383 g/mol. The van der Waals surface area contributed by atoms with Crippen molar-refractivity contribution in [3.63, 3.8) is 0 Å². The quantitative estimate of drug-likeness (QED) is 0.703. The molecule has 7 nitrogen and oxygen atoms in total. The molecule has 1 aliphatic heterocycles. The number of carbonyl (C=O) groups is 1. The van der Waals surface area contributed by atoms with Crippen LogP contribution in [0.2, 0.25) is 0 Å². The molecule has 2 aromatic rings. The third kappa shape index (κ3) is 4.48. The van der Waals surface area contributed by atoms with E-state index < -0.39 is 0 Å². The van der Waals surface area contributed by atoms with Crippen molar-refractivity contribution in [2.45, 2.75) is 12.8 Å². The van der Waals surface area contributed by atoms with Crippen LogP contribution in [0.15, 0.2) is 36.7 Å². The molecule has 3 rings (SSSR count). The number of hydrogen-bond acceptors (Lipinski definition) is 5. The van der Waals surface area contributed by atoms with Crippen molar-refractivity contribution in [3.05, 3.63) is 36.7 Å². The minimum absolute atomic E-state index is 0.00138. The molecule has 2 amide bonds. The van der Waals surface area contributed by atoms with Crippen molar-refractivity contribution in [2.75, 3.05) is 64.2 Å². The first-order valence-electron chi connectivity index (χ1n) is 9.78. The monoisotopic (exact) mass is 382 g/mol. The minimum Gasteiger partial charge on any atom is -0.309 e. The van der Waals surface area contributed by atoms with Crippen molar-refractivity contribution in [3.8, 4) is 11.4 Å². The highest BCUT2D eigenvalue weighted by Crippen LogP contribution is 2.38. The molecule has 0 saturated heterocycles. The highest BCUT2D eigenvalue weighted by atomic mass is 16.2. The van der Waals surface area contributed by atoms with E-state index in [9.17, 15) is 4.79 Å². The predicted molar refractivity (Wildman–Crippen MR) is 114 cm³/mol. The van der Waals surface area contributed by atoms with Crippen LogP contribution in [-0.4, -0.2) is 80.2 Å². The first-order valence-corrected chi connectivity index (χ1v) is 9.78. The summed E-state index contributed by atoms with van der Waals surface area (Å²) < 4.78 is 0. The lowest BCUT2D eigenvalue weighted by atomic mass is 10.1. The molecule has 0 N–H and O–H groups in total. The van der Waals surface area contributed by atoms with Crippen LogP contribution < -0.4 is 9.80 Å². The molecule has 3 heterocycles. The number of pyridine rings is 2. The number of urea groups is 1. The molecule has 0 saturated carbocycles. The largest absolute Gasteiger partial charge is 0.329 e. The number of amides is 2. The van der Waals surface area contributed by atoms with Crippen LogP contribution >= 0.6 is 0 Å². The Morgan fingerprint density at radius 1 is 0.786 bits per heavy atom. The van der Waals surface area contributed by atoms with E-state index >= 15 is 0 Å². The Morgan fingerprint density at radius 2 is 1.21 bits per heavy atom. The number of carbonyl (C=O) groups excluding carboxylic acids is 1. The molecule has 0 aliphatic carbocycles. The summed E-state index contributed by atoms with van der Waals surface area (Å²) in [6, 6.07) is 7.71. The maximum atomic E-state index is 13.6. The Labute approximate surface area is 167 Å². The molecule has 0 fully saturated rings. The Bertz CT molecular complexity index is 741. The number of rotatable bonds is 8. The predicted octanol–water partition coefficient (Wildman–Crippen LogP) is 2.79. The van der Waals surface area contributed by atoms with E-state index in [1.54, 1.807) is 12.4 Å². The molecule has 7 heteroatoms. The van der Waals surface area contributed by atoms with Gasteiger partial charge in [-0.15, -0.1) is 0 Å². The van der Waals surface area contributed by atoms with Crippen LogP contribution in [0.1, 0.15) is 12.8 Å². The van der Waals surface area contributed by atoms with Crippen LogP contribution in [0, 0.1) is 0 Å². The van der Waals surface area contributed by atoms with E-state index in [2.05, 4.69) is 19.8 Å². The molecule has 150 valence electrons. The van der Waals surface area contributed by atoms with Crippen molar-refractivity contribution >= 4 is 17.4 Å². The summed E-state index contributed by atoms with van der Waals surface area (Å²) in [4.78, 5) is 30.8. The number of anilines is 2. The lowest BCUT2D eigenvalue weighted by Gasteiger charge is -2.29. The summed E-state index contributed by atoms with van der Waals surface area (Å²) in [6.45, 7) is 3.14. The van der Waals surface area contributed by atoms with Gasteiger partial charge in [0.25, 0.3) is 0 Å². The Kier molecular flexibility index (Phi) is 6.59. The summed E-state index contributed by atoms with van der Waals surface area (Å²) in [5.41, 5.74) is 3.21. The van der Waals surface area contributed by atoms with Crippen molar-refractivity contribution < 1.29 is 4.79 Å². The molecule has 0 radical (unpaired) electrons. The molecule has 2 aromatic heterocycles. The van der Waals surface area contributed by atoms with Gasteiger partial charge in [0, 0.05) is 25.5 Å². The van der Waals surface area contributed by atoms with Gasteiger partial charge in [0.2, 0.25) is 0 Å². The number of aromatic nitrogens is 2. The fourth-order valence-electron chi connectivity index (χ4n) is 3.47. The third-order valence-electron chi connectivity index (χ3n) is 4.81. The second-order valence-electron chi connectivity index (χ2n) is 7.64. The van der Waals surface area contributed by atoms with Crippen LogP contribution in [-0.2, 0) is 0 Å². The summed E-state index contributed by atoms with van der Waals surface area (Å²) >= 11 is 0. The lowest BCUT2D eigenvalue weighted by molar-refractivity contribution is 0.250. The molecular weight excluding hydrogens is 352 g/mol. The zero-order valence-electron chi connectivity index (χ0n) is 17.3. The van der Waals surface area contributed by atoms with Gasteiger partial charge in [-0.05, 0) is 78.4 Å². The smallest absolute Gasteiger partial charge is 0.309 e. The molecule has 0 spiro atoms. The van der Waals surface area contributed by atoms with E-state index in [1.165, 1.54) is 0 Å². The third-order valence-corrected chi connectivity index (χ3v) is 4.81. The van der Waals surface area contributed by atoms with E-state index in [-0.39, 0.29) is 6.03 Å². The van der Waals surface area contributed by atoms with E-state index in [0.29, 0.717) is 13.1 Å². The summed E-state index contributed by atoms with van der Waals surface area (Å²) in [5, 5.41) is 0. The van der Waals surface area contributed by atoms with Crippen LogP contribution in [0.3, 0.4) is 0 Å². The second-order valence-corrected chi connectivity index (χ2v) is 7.64. The van der Waals surface area contributed by atoms with Gasteiger partial charge in [0.15, 0.2) is 0 Å². The molecule has 0 aromatic carbocycles. The molecule has 28 heavy (non-hydrogen) atoms. The zero-order valence-corrected chi connectivity index (χ0v) is 17.3. The van der Waals surface area contributed by atoms with E-state index in [0.717, 1.165) is 48.7 Å². The second kappa shape index (κ2) is 9.12. The molecule has 1 aliphatic rings. The van der Waals surface area contributed by atoms with E-state index in [1.807, 2.05) is 62.3 Å². The standard InChI is InChI=1S/C21H30N6O/c1-24(2)13-7-15-26-17-9-5-11-22-19(17)20-18(10-6-12-23-20)27(21(26)28)16-8-14-25(3)4/h5-6,9-12H,7-8,13-16H2,1-4H3. The van der Waals surface area contributed by atoms with Crippen LogP contribution in [0.5, 0.6) is 0 Å². The first-order chi connectivity index (χ1) is 13.5. The van der Waals surface area contributed by atoms with Gasteiger partial charge in [0.1, 0.15) is 11.4 Å². The lowest BCUT2D eigenvalue weighted by Crippen LogP contribution is -2.44. The van der Waals surface area contributed by atoms with Gasteiger partial charge >= 0.3 is 6.03 Å². The van der Waals surface area contributed by atoms with Crippen molar-refractivity contribution in [1.82, 2.24) is 19.8 Å². The number of nitrogens with zero attached hydrogens (tertiary/aromatic N) is 6. The molecule has 0 atom stereocenters. The van der Waals surface area contributed by atoms with Gasteiger partial charge < -0.3 is 9.80 Å².